The summed E-state index contributed by atoms with van der Waals surface area (Å²) in [4.78, 5) is 44.8. The molecule has 0 bridgehead atoms. The van der Waals surface area contributed by atoms with Crippen LogP contribution in [-0.4, -0.2) is 120 Å². The van der Waals surface area contributed by atoms with Gasteiger partial charge in [0.1, 0.15) is 11.4 Å². The first-order valence-electron chi connectivity index (χ1n) is 17.3. The molecule has 10 N–H and O–H groups in total. The van der Waals surface area contributed by atoms with Gasteiger partial charge in [-0.25, -0.2) is 0 Å². The van der Waals surface area contributed by atoms with Crippen LogP contribution in [0.1, 0.15) is 71.7 Å². The lowest BCUT2D eigenvalue weighted by atomic mass is 10.0. The minimum Gasteiger partial charge on any atom is -0.480 e. The normalized spacial score (nSPS) is 12.2. The third-order valence-corrected chi connectivity index (χ3v) is 7.27. The number of carbonyl (C=O) groups is 3. The minimum absolute atomic E-state index is 0.0531. The third kappa shape index (κ3) is 21.6. The zero-order chi connectivity index (χ0) is 39.0. The first-order chi connectivity index (χ1) is 24.6. The molecule has 0 atom stereocenters. The van der Waals surface area contributed by atoms with E-state index in [9.17, 15) is 14.4 Å². The topological polar surface area (TPSA) is 258 Å². The van der Waals surface area contributed by atoms with Gasteiger partial charge < -0.3 is 52.6 Å². The van der Waals surface area contributed by atoms with Gasteiger partial charge in [-0.15, -0.1) is 10.2 Å². The summed E-state index contributed by atoms with van der Waals surface area (Å²) in [6, 6.07) is 8.50. The van der Waals surface area contributed by atoms with Gasteiger partial charge in [-0.3, -0.25) is 24.4 Å². The Balaban J connectivity index is 0.00000106. The predicted octanol–water partition coefficient (Wildman–Crippen LogP) is 1.28. The number of ether oxygens (including phenoxy) is 2. The molecule has 2 rings (SSSR count). The summed E-state index contributed by atoms with van der Waals surface area (Å²) < 4.78 is 11.8. The maximum Gasteiger partial charge on any atom is 0.317 e. The minimum atomic E-state index is -0.802. The fourth-order valence-electron chi connectivity index (χ4n) is 4.04. The lowest BCUT2D eigenvalue weighted by molar-refractivity contribution is -0.136. The van der Waals surface area contributed by atoms with E-state index >= 15 is 0 Å². The highest BCUT2D eigenvalue weighted by molar-refractivity contribution is 5.99. The van der Waals surface area contributed by atoms with Crippen molar-refractivity contribution < 1.29 is 29.0 Å². The number of carboxylic acids is 1. The largest absolute Gasteiger partial charge is 0.480 e. The van der Waals surface area contributed by atoms with Gasteiger partial charge in [0.15, 0.2) is 11.7 Å². The quantitative estimate of drug-likeness (QED) is 0.0369. The number of pyridine rings is 2. The number of hydrogen-bond donors (Lipinski definition) is 7. The van der Waals surface area contributed by atoms with E-state index < -0.39 is 11.6 Å². The second kappa shape index (κ2) is 24.6. The summed E-state index contributed by atoms with van der Waals surface area (Å²) in [5.74, 6) is -1.01. The smallest absolute Gasteiger partial charge is 0.317 e. The molecule has 0 fully saturated rings. The zero-order valence-electron chi connectivity index (χ0n) is 31.5. The number of nitrogens with zero attached hydrogens (tertiary/aromatic N) is 5. The molecule has 0 aromatic carbocycles. The van der Waals surface area contributed by atoms with Crippen LogP contribution in [-0.2, 0) is 23.9 Å². The van der Waals surface area contributed by atoms with Crippen LogP contribution in [0.3, 0.4) is 0 Å². The summed E-state index contributed by atoms with van der Waals surface area (Å²) >= 11 is 0. The molecule has 0 saturated carbocycles. The molecule has 0 spiro atoms. The Bertz CT molecular complexity index is 1400. The lowest BCUT2D eigenvalue weighted by Crippen LogP contribution is -2.39. The van der Waals surface area contributed by atoms with Crippen LogP contribution in [0.15, 0.2) is 52.9 Å². The van der Waals surface area contributed by atoms with Crippen LogP contribution in [0.5, 0.6) is 0 Å². The molecule has 290 valence electrons. The van der Waals surface area contributed by atoms with E-state index in [2.05, 4.69) is 47.9 Å². The number of aromatic nitrogens is 2. The van der Waals surface area contributed by atoms with Gasteiger partial charge in [-0.05, 0) is 84.9 Å². The number of carboxylic acid groups (broad SMARTS) is 1. The van der Waals surface area contributed by atoms with Crippen molar-refractivity contribution in [2.75, 3.05) is 64.8 Å². The molecular weight excluding hydrogens is 670 g/mol. The molecule has 2 aromatic heterocycles. The van der Waals surface area contributed by atoms with Gasteiger partial charge >= 0.3 is 5.97 Å². The van der Waals surface area contributed by atoms with Crippen LogP contribution < -0.4 is 33.2 Å². The van der Waals surface area contributed by atoms with Crippen LogP contribution in [0.2, 0.25) is 0 Å². The second-order valence-corrected chi connectivity index (χ2v) is 13.0. The van der Waals surface area contributed by atoms with Crippen molar-refractivity contribution in [2.24, 2.45) is 27.4 Å². The molecule has 17 heteroatoms. The predicted molar refractivity (Wildman–Crippen MR) is 203 cm³/mol. The zero-order valence-corrected chi connectivity index (χ0v) is 31.5. The van der Waals surface area contributed by atoms with Crippen LogP contribution >= 0.6 is 0 Å². The molecule has 0 saturated heterocycles. The third-order valence-electron chi connectivity index (χ3n) is 7.27. The highest BCUT2D eigenvalue weighted by atomic mass is 16.6. The fourth-order valence-corrected chi connectivity index (χ4v) is 4.04. The first kappa shape index (κ1) is 45.5. The van der Waals surface area contributed by atoms with Crippen molar-refractivity contribution in [2.45, 2.75) is 71.5 Å². The van der Waals surface area contributed by atoms with Gasteiger partial charge in [0, 0.05) is 38.7 Å². The Hall–Kier alpha value is -4.55. The standard InChI is InChI=1S/C28H43N9O4.C7H16N2O2/c1-27(2,13-14-29)41-19-28(3,4)40-17-16-33-23(38)9-7-10-24(39)35-20-11-12-22(34-18-20)26(31)37-36-25(30)21-8-5-6-15-32-21;1-3-9(2)5-4-8-6-7(10)11/h5-6,8,11-12,15,18H,7,9-10,13-14,16-17,19,29H2,1-4H3,(H2,30,36)(H2,31,37)(H,33,38)(H,35,39);8H,3-6H2,1-2H3,(H,10,11). The Labute approximate surface area is 307 Å². The lowest BCUT2D eigenvalue weighted by Gasteiger charge is -2.32. The molecule has 2 heterocycles. The van der Waals surface area contributed by atoms with Crippen molar-refractivity contribution in [3.63, 3.8) is 0 Å². The molecule has 0 aliphatic carbocycles. The molecule has 2 aromatic rings. The van der Waals surface area contributed by atoms with Crippen molar-refractivity contribution in [1.82, 2.24) is 25.5 Å². The monoisotopic (exact) mass is 729 g/mol. The van der Waals surface area contributed by atoms with Gasteiger partial charge in [0.25, 0.3) is 0 Å². The Morgan fingerprint density at radius 2 is 1.60 bits per heavy atom. The number of amidine groups is 2. The van der Waals surface area contributed by atoms with Gasteiger partial charge in [-0.1, -0.05) is 13.0 Å². The van der Waals surface area contributed by atoms with E-state index in [0.717, 1.165) is 26.1 Å². The molecule has 0 radical (unpaired) electrons. The first-order valence-corrected chi connectivity index (χ1v) is 17.3. The number of hydrogen-bond acceptors (Lipinski definition) is 12. The van der Waals surface area contributed by atoms with Crippen molar-refractivity contribution in [3.8, 4) is 0 Å². The summed E-state index contributed by atoms with van der Waals surface area (Å²) in [5.41, 5.74) is 17.9. The van der Waals surface area contributed by atoms with Gasteiger partial charge in [-0.2, -0.15) is 0 Å². The molecule has 0 aliphatic rings. The van der Waals surface area contributed by atoms with E-state index in [-0.39, 0.29) is 48.5 Å². The Kier molecular flexibility index (Phi) is 21.5. The van der Waals surface area contributed by atoms with Gasteiger partial charge in [0.05, 0.1) is 42.8 Å². The number of likely N-dealkylation sites (N-methyl/N-ethyl adjacent to an activating group) is 1. The summed E-state index contributed by atoms with van der Waals surface area (Å²) in [7, 11) is 2.00. The molecule has 17 nitrogen and oxygen atoms in total. The molecule has 2 amide bonds. The van der Waals surface area contributed by atoms with Gasteiger partial charge in [0.2, 0.25) is 11.8 Å². The maximum absolute atomic E-state index is 12.3. The number of amides is 2. The number of carbonyl (C=O) groups excluding carboxylic acids is 2. The molecular formula is C35H59N11O6. The fraction of sp³-hybridized carbons (Fsp3) is 0.571. The highest BCUT2D eigenvalue weighted by Crippen LogP contribution is 2.18. The van der Waals surface area contributed by atoms with Crippen molar-refractivity contribution in [1.29, 1.82) is 0 Å². The summed E-state index contributed by atoms with van der Waals surface area (Å²) in [5, 5.41) is 24.4. The van der Waals surface area contributed by atoms with Crippen LogP contribution in [0.25, 0.3) is 0 Å². The van der Waals surface area contributed by atoms with E-state index in [1.807, 2.05) is 34.7 Å². The van der Waals surface area contributed by atoms with Crippen molar-refractivity contribution >= 4 is 35.1 Å². The average molecular weight is 730 g/mol. The summed E-state index contributed by atoms with van der Waals surface area (Å²) in [6.07, 6.45) is 4.61. The second-order valence-electron chi connectivity index (χ2n) is 13.0. The Morgan fingerprint density at radius 1 is 0.923 bits per heavy atom. The number of nitrogens with one attached hydrogen (secondary N) is 3. The van der Waals surface area contributed by atoms with E-state index in [1.165, 1.54) is 6.20 Å². The van der Waals surface area contributed by atoms with Crippen LogP contribution in [0.4, 0.5) is 5.69 Å². The SMILES string of the molecule is CC(C)(CCN)OCC(C)(C)OCCNC(=O)CCCC(=O)Nc1ccc(/C(N)=N/N=C(\N)c2ccccn2)nc1.CCN(C)CCNCC(=O)O. The number of rotatable bonds is 23. The maximum atomic E-state index is 12.3. The molecule has 52 heavy (non-hydrogen) atoms. The average Bonchev–Trinajstić information content (AvgIpc) is 3.11. The number of aliphatic carboxylic acids is 1. The van der Waals surface area contributed by atoms with Crippen molar-refractivity contribution in [3.05, 3.63) is 54.1 Å². The highest BCUT2D eigenvalue weighted by Gasteiger charge is 2.25. The van der Waals surface area contributed by atoms with E-state index in [0.29, 0.717) is 49.8 Å². The number of anilines is 1. The number of nitrogens with two attached hydrogens (primary N) is 3. The molecule has 0 aliphatic heterocycles. The van der Waals surface area contributed by atoms with E-state index in [4.69, 9.17) is 31.8 Å². The molecule has 0 unspecified atom stereocenters. The van der Waals surface area contributed by atoms with Crippen LogP contribution in [0, 0.1) is 0 Å². The summed E-state index contributed by atoms with van der Waals surface area (Å²) in [6.45, 7) is 14.3. The van der Waals surface area contributed by atoms with E-state index in [1.54, 1.807) is 36.5 Å². The Morgan fingerprint density at radius 3 is 2.17 bits per heavy atom.